The van der Waals surface area contributed by atoms with Gasteiger partial charge in [0.05, 0.1) is 6.54 Å². The van der Waals surface area contributed by atoms with E-state index in [4.69, 9.17) is 11.6 Å². The average Bonchev–Trinajstić information content (AvgIpc) is 3.23. The predicted molar refractivity (Wildman–Crippen MR) is 94.3 cm³/mol. The molecule has 0 fully saturated rings. The molecule has 4 rings (SSSR count). The molecule has 24 heavy (non-hydrogen) atoms. The third-order valence-corrected chi connectivity index (χ3v) is 4.77. The Labute approximate surface area is 147 Å². The summed E-state index contributed by atoms with van der Waals surface area (Å²) < 4.78 is 4.34. The summed E-state index contributed by atoms with van der Waals surface area (Å²) in [6.07, 6.45) is 0.745. The average molecular weight is 360 g/mol. The number of anilines is 1. The maximum absolute atomic E-state index is 12.5. The van der Waals surface area contributed by atoms with Crippen LogP contribution < -0.4 is 5.32 Å². The van der Waals surface area contributed by atoms with Crippen molar-refractivity contribution in [1.82, 2.24) is 19.5 Å². The van der Waals surface area contributed by atoms with E-state index in [0.29, 0.717) is 23.8 Å². The van der Waals surface area contributed by atoms with E-state index in [9.17, 15) is 4.79 Å². The van der Waals surface area contributed by atoms with E-state index in [1.165, 1.54) is 11.5 Å². The van der Waals surface area contributed by atoms with Gasteiger partial charge in [-0.2, -0.15) is 9.47 Å². The summed E-state index contributed by atoms with van der Waals surface area (Å²) >= 11 is 7.35. The number of carbonyl (C=O) groups is 1. The number of aromatic nitrogens is 3. The molecule has 0 radical (unpaired) electrons. The molecule has 1 aromatic carbocycles. The topological polar surface area (TPSA) is 73.9 Å². The third-order valence-electron chi connectivity index (χ3n) is 3.98. The van der Waals surface area contributed by atoms with Gasteiger partial charge in [-0.05, 0) is 35.8 Å². The second-order valence-electron chi connectivity index (χ2n) is 5.53. The maximum atomic E-state index is 12.5. The van der Waals surface area contributed by atoms with Gasteiger partial charge in [-0.25, -0.2) is 4.79 Å². The van der Waals surface area contributed by atoms with Gasteiger partial charge in [0.15, 0.2) is 0 Å². The maximum Gasteiger partial charge on any atom is 0.322 e. The first-order valence-corrected chi connectivity index (χ1v) is 8.70. The Morgan fingerprint density at radius 1 is 1.38 bits per heavy atom. The minimum absolute atomic E-state index is 0.145. The molecule has 1 aliphatic heterocycles. The molecular formula is C16H14ClN5OS. The third kappa shape index (κ3) is 2.88. The zero-order valence-corrected chi connectivity index (χ0v) is 14.2. The molecule has 0 saturated carbocycles. The van der Waals surface area contributed by atoms with Crippen molar-refractivity contribution in [2.75, 3.05) is 11.9 Å². The molecule has 122 valence electrons. The van der Waals surface area contributed by atoms with Crippen molar-refractivity contribution in [3.8, 4) is 11.4 Å². The molecular weight excluding hydrogens is 346 g/mol. The highest BCUT2D eigenvalue weighted by molar-refractivity contribution is 7.03. The number of carbonyl (C=O) groups excluding carboxylic acids is 1. The first-order valence-electron chi connectivity index (χ1n) is 7.49. The highest BCUT2D eigenvalue weighted by atomic mass is 35.5. The van der Waals surface area contributed by atoms with Crippen molar-refractivity contribution < 1.29 is 4.79 Å². The fourth-order valence-corrected chi connectivity index (χ4v) is 3.49. The summed E-state index contributed by atoms with van der Waals surface area (Å²) in [7, 11) is 0. The zero-order chi connectivity index (χ0) is 16.5. The lowest BCUT2D eigenvalue weighted by molar-refractivity contribution is 0.206. The molecule has 0 aliphatic carbocycles. The van der Waals surface area contributed by atoms with Crippen molar-refractivity contribution in [2.24, 2.45) is 0 Å². The minimum Gasteiger partial charge on any atom is -0.320 e. The van der Waals surface area contributed by atoms with Gasteiger partial charge in [-0.15, -0.1) is 0 Å². The first kappa shape index (κ1) is 15.2. The number of nitrogens with one attached hydrogen (secondary N) is 2. The lowest BCUT2D eigenvalue weighted by atomic mass is 10.0. The Bertz CT molecular complexity index is 876. The molecule has 0 atom stereocenters. The molecule has 0 unspecified atom stereocenters. The van der Waals surface area contributed by atoms with Crippen molar-refractivity contribution in [2.45, 2.75) is 13.0 Å². The SMILES string of the molecule is O=C(Nc1cccc(Cl)c1)N1CCc2[nH]nc(-c3ccsn3)c2C1. The quantitative estimate of drug-likeness (QED) is 0.731. The summed E-state index contributed by atoms with van der Waals surface area (Å²) in [5.41, 5.74) is 4.46. The number of urea groups is 1. The largest absolute Gasteiger partial charge is 0.322 e. The molecule has 1 aliphatic rings. The van der Waals surface area contributed by atoms with Gasteiger partial charge in [0, 0.05) is 40.3 Å². The first-order chi connectivity index (χ1) is 11.7. The molecule has 3 heterocycles. The van der Waals surface area contributed by atoms with E-state index >= 15 is 0 Å². The number of aromatic amines is 1. The number of halogens is 1. The van der Waals surface area contributed by atoms with Gasteiger partial charge in [0.1, 0.15) is 11.4 Å². The number of fused-ring (bicyclic) bond motifs is 1. The van der Waals surface area contributed by atoms with E-state index in [1.807, 2.05) is 23.6 Å². The highest BCUT2D eigenvalue weighted by Crippen LogP contribution is 2.28. The molecule has 0 saturated heterocycles. The van der Waals surface area contributed by atoms with Crippen LogP contribution in [0.4, 0.5) is 10.5 Å². The van der Waals surface area contributed by atoms with Gasteiger partial charge < -0.3 is 10.2 Å². The predicted octanol–water partition coefficient (Wildman–Crippen LogP) is 3.78. The molecule has 6 nitrogen and oxygen atoms in total. The highest BCUT2D eigenvalue weighted by Gasteiger charge is 2.26. The summed E-state index contributed by atoms with van der Waals surface area (Å²) in [4.78, 5) is 14.3. The van der Waals surface area contributed by atoms with Crippen molar-refractivity contribution >= 4 is 34.9 Å². The van der Waals surface area contributed by atoms with Crippen LogP contribution >= 0.6 is 23.1 Å². The molecule has 0 bridgehead atoms. The van der Waals surface area contributed by atoms with Gasteiger partial charge >= 0.3 is 6.03 Å². The number of hydrogen-bond donors (Lipinski definition) is 2. The number of amides is 2. The van der Waals surface area contributed by atoms with E-state index in [2.05, 4.69) is 19.9 Å². The van der Waals surface area contributed by atoms with Crippen LogP contribution in [0.25, 0.3) is 11.4 Å². The Morgan fingerprint density at radius 3 is 3.08 bits per heavy atom. The van der Waals surface area contributed by atoms with Gasteiger partial charge in [0.25, 0.3) is 0 Å². The van der Waals surface area contributed by atoms with Crippen LogP contribution in [0, 0.1) is 0 Å². The Morgan fingerprint density at radius 2 is 2.29 bits per heavy atom. The zero-order valence-electron chi connectivity index (χ0n) is 12.6. The number of nitrogens with zero attached hydrogens (tertiary/aromatic N) is 3. The van der Waals surface area contributed by atoms with E-state index in [-0.39, 0.29) is 6.03 Å². The Kier molecular flexibility index (Phi) is 3.95. The van der Waals surface area contributed by atoms with Gasteiger partial charge in [-0.3, -0.25) is 5.10 Å². The number of H-pyrrole nitrogens is 1. The van der Waals surface area contributed by atoms with Crippen LogP contribution in [0.5, 0.6) is 0 Å². The van der Waals surface area contributed by atoms with Crippen LogP contribution in [0.2, 0.25) is 5.02 Å². The Balaban J connectivity index is 1.53. The number of hydrogen-bond acceptors (Lipinski definition) is 4. The summed E-state index contributed by atoms with van der Waals surface area (Å²) in [5, 5.41) is 12.8. The summed E-state index contributed by atoms with van der Waals surface area (Å²) in [5.74, 6) is 0. The lowest BCUT2D eigenvalue weighted by Crippen LogP contribution is -2.38. The molecule has 0 spiro atoms. The van der Waals surface area contributed by atoms with E-state index < -0.39 is 0 Å². The van der Waals surface area contributed by atoms with Crippen molar-refractivity contribution in [3.63, 3.8) is 0 Å². The van der Waals surface area contributed by atoms with Crippen molar-refractivity contribution in [3.05, 3.63) is 52.0 Å². The fourth-order valence-electron chi connectivity index (χ4n) is 2.78. The van der Waals surface area contributed by atoms with E-state index in [0.717, 1.165) is 29.1 Å². The molecule has 8 heteroatoms. The van der Waals surface area contributed by atoms with Crippen LogP contribution in [-0.2, 0) is 13.0 Å². The number of benzene rings is 1. The second-order valence-corrected chi connectivity index (χ2v) is 6.63. The van der Waals surface area contributed by atoms with Gasteiger partial charge in [-0.1, -0.05) is 17.7 Å². The fraction of sp³-hybridized carbons (Fsp3) is 0.188. The number of rotatable bonds is 2. The van der Waals surface area contributed by atoms with Crippen LogP contribution in [0.15, 0.2) is 35.7 Å². The molecule has 3 aromatic rings. The lowest BCUT2D eigenvalue weighted by Gasteiger charge is -2.27. The van der Waals surface area contributed by atoms with Crippen LogP contribution in [0.1, 0.15) is 11.3 Å². The normalized spacial score (nSPS) is 13.6. The van der Waals surface area contributed by atoms with Crippen LogP contribution in [0.3, 0.4) is 0 Å². The smallest absolute Gasteiger partial charge is 0.320 e. The Hall–Kier alpha value is -2.38. The minimum atomic E-state index is -0.145. The molecule has 2 aromatic heterocycles. The monoisotopic (exact) mass is 359 g/mol. The summed E-state index contributed by atoms with van der Waals surface area (Å²) in [6, 6.07) is 8.92. The van der Waals surface area contributed by atoms with Gasteiger partial charge in [0.2, 0.25) is 0 Å². The molecule has 2 N–H and O–H groups in total. The second kappa shape index (κ2) is 6.26. The van der Waals surface area contributed by atoms with Crippen LogP contribution in [-0.4, -0.2) is 32.0 Å². The van der Waals surface area contributed by atoms with E-state index in [1.54, 1.807) is 17.0 Å². The summed E-state index contributed by atoms with van der Waals surface area (Å²) in [6.45, 7) is 1.14. The van der Waals surface area contributed by atoms with Crippen molar-refractivity contribution in [1.29, 1.82) is 0 Å². The molecule has 2 amide bonds. The standard InChI is InChI=1S/C16H14ClN5OS/c17-10-2-1-3-11(8-10)18-16(23)22-6-4-13-12(9-22)15(20-19-13)14-5-7-24-21-14/h1-3,5,7-8H,4,6,9H2,(H,18,23)(H,19,20).